The fourth-order valence-corrected chi connectivity index (χ4v) is 7.30. The van der Waals surface area contributed by atoms with Crippen molar-refractivity contribution in [3.63, 3.8) is 0 Å². The first-order valence-electron chi connectivity index (χ1n) is 16.0. The van der Waals surface area contributed by atoms with Gasteiger partial charge in [0.15, 0.2) is 14.4 Å². The van der Waals surface area contributed by atoms with Crippen LogP contribution in [0.25, 0.3) is 0 Å². The molecule has 3 atom stereocenters. The minimum absolute atomic E-state index is 0.112. The summed E-state index contributed by atoms with van der Waals surface area (Å²) in [5, 5.41) is -0.177. The number of carbonyl (C=O) groups excluding carboxylic acids is 2. The van der Waals surface area contributed by atoms with E-state index >= 15 is 0 Å². The summed E-state index contributed by atoms with van der Waals surface area (Å²) in [4.78, 5) is 29.5. The van der Waals surface area contributed by atoms with Crippen molar-refractivity contribution < 1.29 is 33.0 Å². The molecule has 1 fully saturated rings. The number of hydrogen-bond donors (Lipinski definition) is 0. The number of benzene rings is 3. The predicted molar refractivity (Wildman–Crippen MR) is 180 cm³/mol. The minimum Gasteiger partial charge on any atom is -0.496 e. The summed E-state index contributed by atoms with van der Waals surface area (Å²) in [5.41, 5.74) is 4.92. The van der Waals surface area contributed by atoms with Crippen LogP contribution in [0.5, 0.6) is 11.5 Å². The lowest BCUT2D eigenvalue weighted by atomic mass is 9.99. The normalized spacial score (nSPS) is 18.2. The highest BCUT2D eigenvalue weighted by atomic mass is 28.4. The summed E-state index contributed by atoms with van der Waals surface area (Å²) in [7, 11) is 0.689. The third kappa shape index (κ3) is 7.01. The molecule has 1 heterocycles. The second-order valence-electron chi connectivity index (χ2n) is 13.8. The van der Waals surface area contributed by atoms with E-state index in [4.69, 9.17) is 23.4 Å². The Morgan fingerprint density at radius 1 is 0.957 bits per heavy atom. The molecule has 1 saturated heterocycles. The lowest BCUT2D eigenvalue weighted by Gasteiger charge is -2.42. The SMILES string of the molecule is COc1cc([C@@H](O[Si](C)(C)C(C)(C)C)[C@@H](OC2Cc3ccccc3C2)C(=O)N2C(=O)OCC2Cc2ccccc2)cc(OC)c1C. The Balaban J connectivity index is 1.61. The Labute approximate surface area is 274 Å². The van der Waals surface area contributed by atoms with Crippen molar-refractivity contribution in [2.75, 3.05) is 20.8 Å². The maximum Gasteiger partial charge on any atom is 0.417 e. The zero-order valence-corrected chi connectivity index (χ0v) is 29.3. The molecule has 2 amide bonds. The molecule has 9 heteroatoms. The van der Waals surface area contributed by atoms with Gasteiger partial charge in [0.2, 0.25) is 0 Å². The molecule has 1 aliphatic heterocycles. The van der Waals surface area contributed by atoms with Crippen LogP contribution in [-0.4, -0.2) is 64.3 Å². The lowest BCUT2D eigenvalue weighted by Crippen LogP contribution is -2.52. The molecular formula is C37H47NO7Si. The van der Waals surface area contributed by atoms with Gasteiger partial charge in [-0.05, 0) is 78.7 Å². The number of hydrogen-bond acceptors (Lipinski definition) is 7. The summed E-state index contributed by atoms with van der Waals surface area (Å²) >= 11 is 0. The van der Waals surface area contributed by atoms with Gasteiger partial charge in [-0.15, -0.1) is 0 Å². The molecule has 46 heavy (non-hydrogen) atoms. The maximum atomic E-state index is 14.9. The number of rotatable bonds is 11. The van der Waals surface area contributed by atoms with Crippen molar-refractivity contribution in [3.8, 4) is 11.5 Å². The quantitative estimate of drug-likeness (QED) is 0.204. The smallest absolute Gasteiger partial charge is 0.417 e. The molecule has 0 radical (unpaired) electrons. The molecule has 246 valence electrons. The van der Waals surface area contributed by atoms with E-state index in [0.717, 1.165) is 11.1 Å². The Morgan fingerprint density at radius 3 is 2.07 bits per heavy atom. The van der Waals surface area contributed by atoms with Gasteiger partial charge in [-0.2, -0.15) is 0 Å². The summed E-state index contributed by atoms with van der Waals surface area (Å²) in [6.45, 7) is 12.8. The van der Waals surface area contributed by atoms with Crippen LogP contribution in [-0.2, 0) is 38.0 Å². The lowest BCUT2D eigenvalue weighted by molar-refractivity contribution is -0.154. The van der Waals surface area contributed by atoms with E-state index < -0.39 is 38.6 Å². The van der Waals surface area contributed by atoms with Gasteiger partial charge in [0.05, 0.1) is 26.4 Å². The van der Waals surface area contributed by atoms with E-state index in [1.54, 1.807) is 14.2 Å². The van der Waals surface area contributed by atoms with Crippen molar-refractivity contribution in [1.29, 1.82) is 0 Å². The summed E-state index contributed by atoms with van der Waals surface area (Å²) in [5.74, 6) is 0.752. The van der Waals surface area contributed by atoms with Gasteiger partial charge in [0.25, 0.3) is 5.91 Å². The van der Waals surface area contributed by atoms with Gasteiger partial charge >= 0.3 is 6.09 Å². The number of cyclic esters (lactones) is 1. The van der Waals surface area contributed by atoms with Crippen LogP contribution in [0.1, 0.15) is 54.7 Å². The fourth-order valence-electron chi connectivity index (χ4n) is 6.05. The van der Waals surface area contributed by atoms with Crippen LogP contribution < -0.4 is 9.47 Å². The molecule has 5 rings (SSSR count). The number of amides is 2. The second kappa shape index (κ2) is 13.6. The first kappa shape index (κ1) is 33.7. The molecule has 1 unspecified atom stereocenters. The summed E-state index contributed by atoms with van der Waals surface area (Å²) in [6, 6.07) is 21.4. The van der Waals surface area contributed by atoms with Crippen molar-refractivity contribution in [2.24, 2.45) is 0 Å². The second-order valence-corrected chi connectivity index (χ2v) is 18.6. The van der Waals surface area contributed by atoms with E-state index in [9.17, 15) is 9.59 Å². The third-order valence-electron chi connectivity index (χ3n) is 9.71. The topological polar surface area (TPSA) is 83.5 Å². The highest BCUT2D eigenvalue weighted by Gasteiger charge is 2.49. The van der Waals surface area contributed by atoms with Gasteiger partial charge in [-0.25, -0.2) is 9.69 Å². The molecule has 0 bridgehead atoms. The van der Waals surface area contributed by atoms with Crippen LogP contribution in [0.2, 0.25) is 18.1 Å². The zero-order valence-electron chi connectivity index (χ0n) is 28.3. The van der Waals surface area contributed by atoms with Crippen LogP contribution >= 0.6 is 0 Å². The molecular weight excluding hydrogens is 598 g/mol. The van der Waals surface area contributed by atoms with Gasteiger partial charge < -0.3 is 23.4 Å². The monoisotopic (exact) mass is 645 g/mol. The Bertz CT molecular complexity index is 1500. The van der Waals surface area contributed by atoms with Crippen LogP contribution in [0, 0.1) is 6.92 Å². The van der Waals surface area contributed by atoms with Crippen molar-refractivity contribution in [2.45, 2.75) is 89.4 Å². The molecule has 0 N–H and O–H groups in total. The maximum absolute atomic E-state index is 14.9. The van der Waals surface area contributed by atoms with Crippen LogP contribution in [0.3, 0.4) is 0 Å². The number of ether oxygens (including phenoxy) is 4. The molecule has 3 aromatic carbocycles. The van der Waals surface area contributed by atoms with E-state index in [0.29, 0.717) is 36.3 Å². The number of imide groups is 1. The molecule has 0 spiro atoms. The average Bonchev–Trinajstić information content (AvgIpc) is 3.60. The standard InChI is InChI=1S/C37H47NO7Si/c1-24-31(41-5)21-28(22-32(24)42-6)33(45-46(7,8)37(2,3)4)34(44-30-19-26-16-12-13-17-27(26)20-30)35(39)38-29(23-43-36(38)40)18-25-14-10-9-11-15-25/h9-17,21-22,29-30,33-34H,18-20,23H2,1-8H3/t29?,33-,34-/m1/s1. The van der Waals surface area contributed by atoms with Crippen LogP contribution in [0.4, 0.5) is 4.79 Å². The minimum atomic E-state index is -2.53. The van der Waals surface area contributed by atoms with Crippen molar-refractivity contribution in [3.05, 3.63) is 94.5 Å². The van der Waals surface area contributed by atoms with Crippen LogP contribution in [0.15, 0.2) is 66.7 Å². The molecule has 1 aliphatic carbocycles. The highest BCUT2D eigenvalue weighted by Crippen LogP contribution is 2.44. The molecule has 2 aliphatic rings. The highest BCUT2D eigenvalue weighted by molar-refractivity contribution is 6.74. The van der Waals surface area contributed by atoms with E-state index in [1.165, 1.54) is 16.0 Å². The number of nitrogens with zero attached hydrogens (tertiary/aromatic N) is 1. The Kier molecular flexibility index (Phi) is 9.96. The fraction of sp³-hybridized carbons (Fsp3) is 0.459. The number of fused-ring (bicyclic) bond motifs is 1. The average molecular weight is 646 g/mol. The molecule has 8 nitrogen and oxygen atoms in total. The summed E-state index contributed by atoms with van der Waals surface area (Å²) in [6.07, 6.45) is -1.16. The first-order valence-corrected chi connectivity index (χ1v) is 18.9. The van der Waals surface area contributed by atoms with Gasteiger partial charge in [0.1, 0.15) is 24.2 Å². The number of methoxy groups -OCH3 is 2. The van der Waals surface area contributed by atoms with E-state index in [2.05, 4.69) is 46.0 Å². The van der Waals surface area contributed by atoms with Crippen molar-refractivity contribution in [1.82, 2.24) is 4.90 Å². The number of carbonyl (C=O) groups is 2. The molecule has 3 aromatic rings. The van der Waals surface area contributed by atoms with Crippen molar-refractivity contribution >= 4 is 20.3 Å². The van der Waals surface area contributed by atoms with Gasteiger partial charge in [-0.1, -0.05) is 75.4 Å². The Morgan fingerprint density at radius 2 is 1.52 bits per heavy atom. The van der Waals surface area contributed by atoms with Gasteiger partial charge in [0, 0.05) is 5.56 Å². The van der Waals surface area contributed by atoms with E-state index in [-0.39, 0.29) is 17.7 Å². The Hall–Kier alpha value is -3.66. The van der Waals surface area contributed by atoms with Gasteiger partial charge in [-0.3, -0.25) is 4.79 Å². The molecule has 0 saturated carbocycles. The largest absolute Gasteiger partial charge is 0.496 e. The van der Waals surface area contributed by atoms with E-state index in [1.807, 2.05) is 61.5 Å². The zero-order chi connectivity index (χ0) is 33.2. The first-order chi connectivity index (χ1) is 21.8. The summed E-state index contributed by atoms with van der Waals surface area (Å²) < 4.78 is 31.1. The molecule has 0 aromatic heterocycles. The third-order valence-corrected chi connectivity index (χ3v) is 14.2. The predicted octanol–water partition coefficient (Wildman–Crippen LogP) is 7.22.